The average molecular weight is 371 g/mol. The Hall–Kier alpha value is -2.93. The molecule has 1 amide bonds. The van der Waals surface area contributed by atoms with Crippen molar-refractivity contribution < 1.29 is 19.5 Å². The molecule has 7 nitrogen and oxygen atoms in total. The monoisotopic (exact) mass is 371 g/mol. The highest BCUT2D eigenvalue weighted by Gasteiger charge is 2.09. The first-order valence-electron chi connectivity index (χ1n) is 8.91. The minimum absolute atomic E-state index is 0.0528. The van der Waals surface area contributed by atoms with Gasteiger partial charge in [-0.15, -0.1) is 0 Å². The van der Waals surface area contributed by atoms with Crippen molar-refractivity contribution in [1.29, 1.82) is 0 Å². The van der Waals surface area contributed by atoms with E-state index < -0.39 is 0 Å². The van der Waals surface area contributed by atoms with Gasteiger partial charge in [0.1, 0.15) is 5.75 Å². The van der Waals surface area contributed by atoms with Crippen LogP contribution < -0.4 is 16.0 Å². The number of amides is 1. The standard InChI is InChI=1S/C20H25N3O4/c1-27-19-12-14(8-10-16(19)21)17-11-9-15(13-22-17)18(24)6-4-2-3-5-7-20(25)23-26/h8-13,26H,2-7,21H2,1H3,(H,23,25). The molecule has 0 bridgehead atoms. The number of nitrogens with one attached hydrogen (secondary N) is 1. The highest BCUT2D eigenvalue weighted by molar-refractivity contribution is 5.96. The van der Waals surface area contributed by atoms with E-state index in [1.807, 2.05) is 18.2 Å². The lowest BCUT2D eigenvalue weighted by atomic mass is 10.0. The van der Waals surface area contributed by atoms with Crippen LogP contribution in [0.25, 0.3) is 11.3 Å². The summed E-state index contributed by atoms with van der Waals surface area (Å²) in [7, 11) is 1.56. The van der Waals surface area contributed by atoms with Gasteiger partial charge in [0.2, 0.25) is 5.91 Å². The minimum atomic E-state index is -0.379. The molecule has 0 aliphatic heterocycles. The maximum absolute atomic E-state index is 12.3. The van der Waals surface area contributed by atoms with Crippen LogP contribution >= 0.6 is 0 Å². The fourth-order valence-corrected chi connectivity index (χ4v) is 2.72. The quantitative estimate of drug-likeness (QED) is 0.194. The van der Waals surface area contributed by atoms with Crippen LogP contribution in [-0.4, -0.2) is 29.0 Å². The number of anilines is 1. The van der Waals surface area contributed by atoms with E-state index in [0.717, 1.165) is 30.5 Å². The number of carbonyl (C=O) groups is 2. The van der Waals surface area contributed by atoms with Crippen molar-refractivity contribution in [2.45, 2.75) is 38.5 Å². The number of benzene rings is 1. The number of aromatic nitrogens is 1. The SMILES string of the molecule is COc1cc(-c2ccc(C(=O)CCCCCCC(=O)NO)cn2)ccc1N. The summed E-state index contributed by atoms with van der Waals surface area (Å²) >= 11 is 0. The number of rotatable bonds is 10. The molecule has 2 aromatic rings. The Morgan fingerprint density at radius 3 is 2.48 bits per heavy atom. The second kappa shape index (κ2) is 10.3. The van der Waals surface area contributed by atoms with Crippen LogP contribution in [0.1, 0.15) is 48.9 Å². The zero-order valence-electron chi connectivity index (χ0n) is 15.4. The van der Waals surface area contributed by atoms with E-state index in [2.05, 4.69) is 4.98 Å². The first kappa shape index (κ1) is 20.4. The van der Waals surface area contributed by atoms with Gasteiger partial charge in [0.05, 0.1) is 18.5 Å². The van der Waals surface area contributed by atoms with Crippen molar-refractivity contribution in [1.82, 2.24) is 10.5 Å². The van der Waals surface area contributed by atoms with E-state index in [9.17, 15) is 9.59 Å². The average Bonchev–Trinajstić information content (AvgIpc) is 2.70. The number of hydroxylamine groups is 1. The summed E-state index contributed by atoms with van der Waals surface area (Å²) in [6, 6.07) is 9.03. The molecule has 144 valence electrons. The number of nitrogens with zero attached hydrogens (tertiary/aromatic N) is 1. The van der Waals surface area contributed by atoms with Gasteiger partial charge in [0, 0.05) is 30.2 Å². The summed E-state index contributed by atoms with van der Waals surface area (Å²) in [5.74, 6) is 0.263. The Labute approximate surface area is 158 Å². The number of ketones is 1. The number of methoxy groups -OCH3 is 1. The number of unbranched alkanes of at least 4 members (excludes halogenated alkanes) is 3. The van der Waals surface area contributed by atoms with Crippen LogP contribution in [0.4, 0.5) is 5.69 Å². The molecule has 1 heterocycles. The van der Waals surface area contributed by atoms with Gasteiger partial charge in [-0.3, -0.25) is 19.8 Å². The van der Waals surface area contributed by atoms with Crippen LogP contribution in [-0.2, 0) is 4.79 Å². The summed E-state index contributed by atoms with van der Waals surface area (Å²) < 4.78 is 5.22. The number of hydrogen-bond donors (Lipinski definition) is 3. The normalized spacial score (nSPS) is 10.4. The van der Waals surface area contributed by atoms with Gasteiger partial charge in [0.25, 0.3) is 0 Å². The molecule has 0 spiro atoms. The third kappa shape index (κ3) is 6.07. The number of Topliss-reactive ketones (excluding diaryl/α,β-unsaturated/α-hetero) is 1. The van der Waals surface area contributed by atoms with E-state index in [-0.39, 0.29) is 11.7 Å². The number of pyridine rings is 1. The predicted octanol–water partition coefficient (Wildman–Crippen LogP) is 3.37. The zero-order valence-corrected chi connectivity index (χ0v) is 15.4. The Balaban J connectivity index is 1.84. The highest BCUT2D eigenvalue weighted by Crippen LogP contribution is 2.27. The molecule has 0 aliphatic carbocycles. The van der Waals surface area contributed by atoms with E-state index in [1.54, 1.807) is 30.9 Å². The predicted molar refractivity (Wildman–Crippen MR) is 103 cm³/mol. The number of nitrogen functional groups attached to an aromatic ring is 1. The molecular weight excluding hydrogens is 346 g/mol. The largest absolute Gasteiger partial charge is 0.495 e. The lowest BCUT2D eigenvalue weighted by molar-refractivity contribution is -0.129. The Morgan fingerprint density at radius 1 is 1.11 bits per heavy atom. The van der Waals surface area contributed by atoms with Gasteiger partial charge in [-0.2, -0.15) is 0 Å². The van der Waals surface area contributed by atoms with Crippen LogP contribution in [0, 0.1) is 0 Å². The number of nitrogens with two attached hydrogens (primary N) is 1. The highest BCUT2D eigenvalue weighted by atomic mass is 16.5. The van der Waals surface area contributed by atoms with Crippen molar-refractivity contribution in [2.75, 3.05) is 12.8 Å². The van der Waals surface area contributed by atoms with Crippen molar-refractivity contribution in [3.8, 4) is 17.0 Å². The second-order valence-electron chi connectivity index (χ2n) is 6.26. The Kier molecular flexibility index (Phi) is 7.76. The van der Waals surface area contributed by atoms with Crippen LogP contribution in [0.3, 0.4) is 0 Å². The fraction of sp³-hybridized carbons (Fsp3) is 0.350. The molecule has 0 radical (unpaired) electrons. The fourth-order valence-electron chi connectivity index (χ4n) is 2.72. The van der Waals surface area contributed by atoms with Crippen molar-refractivity contribution in [2.24, 2.45) is 0 Å². The maximum Gasteiger partial charge on any atom is 0.243 e. The van der Waals surface area contributed by atoms with E-state index in [1.165, 1.54) is 0 Å². The van der Waals surface area contributed by atoms with Crippen LogP contribution in [0.2, 0.25) is 0 Å². The first-order chi connectivity index (χ1) is 13.0. The summed E-state index contributed by atoms with van der Waals surface area (Å²) in [6.07, 6.45) is 5.50. The molecule has 7 heteroatoms. The second-order valence-corrected chi connectivity index (χ2v) is 6.26. The number of ether oxygens (including phenoxy) is 1. The summed E-state index contributed by atoms with van der Waals surface area (Å²) in [4.78, 5) is 27.5. The third-order valence-corrected chi connectivity index (χ3v) is 4.30. The lowest BCUT2D eigenvalue weighted by Crippen LogP contribution is -2.17. The van der Waals surface area contributed by atoms with Gasteiger partial charge in [-0.1, -0.05) is 18.9 Å². The van der Waals surface area contributed by atoms with Crippen molar-refractivity contribution in [3.05, 3.63) is 42.1 Å². The summed E-state index contributed by atoms with van der Waals surface area (Å²) in [6.45, 7) is 0. The molecule has 0 unspecified atom stereocenters. The molecule has 27 heavy (non-hydrogen) atoms. The molecule has 0 saturated carbocycles. The Morgan fingerprint density at radius 2 is 1.85 bits per heavy atom. The number of hydrogen-bond acceptors (Lipinski definition) is 6. The van der Waals surface area contributed by atoms with Gasteiger partial charge in [-0.25, -0.2) is 5.48 Å². The molecule has 0 atom stereocenters. The molecule has 0 aliphatic rings. The smallest absolute Gasteiger partial charge is 0.243 e. The first-order valence-corrected chi connectivity index (χ1v) is 8.91. The lowest BCUT2D eigenvalue weighted by Gasteiger charge is -2.08. The Bertz CT molecular complexity index is 775. The summed E-state index contributed by atoms with van der Waals surface area (Å²) in [5.41, 5.74) is 10.2. The molecule has 0 saturated heterocycles. The topological polar surface area (TPSA) is 115 Å². The molecule has 2 rings (SSSR count). The summed E-state index contributed by atoms with van der Waals surface area (Å²) in [5, 5.41) is 8.40. The van der Waals surface area contributed by atoms with Gasteiger partial charge in [-0.05, 0) is 37.1 Å². The maximum atomic E-state index is 12.3. The third-order valence-electron chi connectivity index (χ3n) is 4.30. The van der Waals surface area contributed by atoms with E-state index >= 15 is 0 Å². The van der Waals surface area contributed by atoms with Crippen molar-refractivity contribution in [3.63, 3.8) is 0 Å². The molecule has 0 fully saturated rings. The van der Waals surface area contributed by atoms with Gasteiger partial charge in [0.15, 0.2) is 5.78 Å². The molecule has 1 aromatic carbocycles. The van der Waals surface area contributed by atoms with Crippen LogP contribution in [0.15, 0.2) is 36.5 Å². The van der Waals surface area contributed by atoms with Gasteiger partial charge < -0.3 is 10.5 Å². The molecular formula is C20H25N3O4. The molecule has 1 aromatic heterocycles. The van der Waals surface area contributed by atoms with E-state index in [4.69, 9.17) is 15.7 Å². The zero-order chi connectivity index (χ0) is 19.6. The van der Waals surface area contributed by atoms with Gasteiger partial charge >= 0.3 is 0 Å². The minimum Gasteiger partial charge on any atom is -0.495 e. The number of carbonyl (C=O) groups excluding carboxylic acids is 2. The molecule has 4 N–H and O–H groups in total. The van der Waals surface area contributed by atoms with E-state index in [0.29, 0.717) is 36.3 Å². The van der Waals surface area contributed by atoms with Crippen LogP contribution in [0.5, 0.6) is 5.75 Å². The van der Waals surface area contributed by atoms with Crippen molar-refractivity contribution >= 4 is 17.4 Å².